The lowest BCUT2D eigenvalue weighted by atomic mass is 10.0. The fourth-order valence-electron chi connectivity index (χ4n) is 1.60. The maximum Gasteiger partial charge on any atom is 0.152 e. The molecule has 1 unspecified atom stereocenters. The quantitative estimate of drug-likeness (QED) is 0.776. The van der Waals surface area contributed by atoms with Crippen molar-refractivity contribution < 1.29 is 0 Å². The Labute approximate surface area is 97.7 Å². The van der Waals surface area contributed by atoms with Gasteiger partial charge in [0.1, 0.15) is 6.33 Å². The molecule has 3 N–H and O–H groups in total. The van der Waals surface area contributed by atoms with Crippen molar-refractivity contribution >= 4 is 11.5 Å². The average Bonchev–Trinajstić information content (AvgIpc) is 2.21. The van der Waals surface area contributed by atoms with Crippen LogP contribution in [0, 0.1) is 5.92 Å². The van der Waals surface area contributed by atoms with Crippen LogP contribution in [0.1, 0.15) is 40.0 Å². The van der Waals surface area contributed by atoms with E-state index in [1.54, 1.807) is 6.20 Å². The summed E-state index contributed by atoms with van der Waals surface area (Å²) in [4.78, 5) is 7.98. The Hall–Kier alpha value is -1.32. The van der Waals surface area contributed by atoms with Crippen LogP contribution in [0.2, 0.25) is 0 Å². The number of nitrogens with two attached hydrogens (primary N) is 1. The van der Waals surface area contributed by atoms with Crippen LogP contribution in [-0.2, 0) is 0 Å². The number of anilines is 2. The Morgan fingerprint density at radius 1 is 1.31 bits per heavy atom. The van der Waals surface area contributed by atoms with Gasteiger partial charge < -0.3 is 11.1 Å². The van der Waals surface area contributed by atoms with Crippen LogP contribution < -0.4 is 11.1 Å². The molecule has 0 radical (unpaired) electrons. The molecule has 1 aromatic heterocycles. The number of hydrogen-bond donors (Lipinski definition) is 2. The van der Waals surface area contributed by atoms with Crippen LogP contribution in [0.25, 0.3) is 0 Å². The molecule has 4 heteroatoms. The molecular weight excluding hydrogens is 200 g/mol. The van der Waals surface area contributed by atoms with Gasteiger partial charge in [-0.3, -0.25) is 0 Å². The highest BCUT2D eigenvalue weighted by Crippen LogP contribution is 2.15. The summed E-state index contributed by atoms with van der Waals surface area (Å²) in [6, 6.07) is 0.399. The van der Waals surface area contributed by atoms with E-state index in [0.717, 1.165) is 18.2 Å². The van der Waals surface area contributed by atoms with E-state index in [-0.39, 0.29) is 0 Å². The maximum atomic E-state index is 5.76. The first-order chi connectivity index (χ1) is 7.59. The SMILES string of the molecule is CC(C)CCCC(C)Nc1ncncc1N. The summed E-state index contributed by atoms with van der Waals surface area (Å²) < 4.78 is 0. The molecule has 0 aliphatic carbocycles. The van der Waals surface area contributed by atoms with Crippen molar-refractivity contribution in [3.8, 4) is 0 Å². The van der Waals surface area contributed by atoms with Gasteiger partial charge in [0.15, 0.2) is 5.82 Å². The minimum atomic E-state index is 0.399. The Balaban J connectivity index is 2.34. The van der Waals surface area contributed by atoms with E-state index in [4.69, 9.17) is 5.73 Å². The van der Waals surface area contributed by atoms with Gasteiger partial charge in [0.05, 0.1) is 11.9 Å². The zero-order valence-electron chi connectivity index (χ0n) is 10.4. The smallest absolute Gasteiger partial charge is 0.152 e. The predicted octanol–water partition coefficient (Wildman–Crippen LogP) is 2.69. The topological polar surface area (TPSA) is 63.8 Å². The molecule has 0 bridgehead atoms. The third kappa shape index (κ3) is 4.47. The highest BCUT2D eigenvalue weighted by molar-refractivity contribution is 5.59. The molecule has 0 fully saturated rings. The predicted molar refractivity (Wildman–Crippen MR) is 68.2 cm³/mol. The number of hydrogen-bond acceptors (Lipinski definition) is 4. The number of aromatic nitrogens is 2. The molecule has 0 saturated heterocycles. The van der Waals surface area contributed by atoms with Gasteiger partial charge in [0.2, 0.25) is 0 Å². The third-order valence-electron chi connectivity index (χ3n) is 2.54. The molecule has 0 amide bonds. The maximum absolute atomic E-state index is 5.76. The summed E-state index contributed by atoms with van der Waals surface area (Å²) in [5, 5.41) is 3.31. The molecule has 16 heavy (non-hydrogen) atoms. The van der Waals surface area contributed by atoms with Crippen molar-refractivity contribution in [3.05, 3.63) is 12.5 Å². The fourth-order valence-corrected chi connectivity index (χ4v) is 1.60. The van der Waals surface area contributed by atoms with Crippen LogP contribution in [-0.4, -0.2) is 16.0 Å². The lowest BCUT2D eigenvalue weighted by Gasteiger charge is -2.15. The fraction of sp³-hybridized carbons (Fsp3) is 0.667. The van der Waals surface area contributed by atoms with Crippen molar-refractivity contribution in [2.45, 2.75) is 46.1 Å². The van der Waals surface area contributed by atoms with Gasteiger partial charge in [0.25, 0.3) is 0 Å². The van der Waals surface area contributed by atoms with Crippen LogP contribution in [0.15, 0.2) is 12.5 Å². The lowest BCUT2D eigenvalue weighted by molar-refractivity contribution is 0.520. The van der Waals surface area contributed by atoms with Gasteiger partial charge in [-0.15, -0.1) is 0 Å². The van der Waals surface area contributed by atoms with Crippen molar-refractivity contribution in [1.82, 2.24) is 9.97 Å². The Morgan fingerprint density at radius 2 is 2.06 bits per heavy atom. The zero-order valence-corrected chi connectivity index (χ0v) is 10.4. The molecule has 0 aliphatic rings. The van der Waals surface area contributed by atoms with Gasteiger partial charge >= 0.3 is 0 Å². The second-order valence-electron chi connectivity index (χ2n) is 4.70. The molecule has 0 aliphatic heterocycles. The Morgan fingerprint density at radius 3 is 2.69 bits per heavy atom. The number of nitrogens with zero attached hydrogens (tertiary/aromatic N) is 2. The average molecular weight is 222 g/mol. The Bertz CT molecular complexity index is 312. The van der Waals surface area contributed by atoms with Crippen LogP contribution >= 0.6 is 0 Å². The van der Waals surface area contributed by atoms with E-state index in [1.165, 1.54) is 19.2 Å². The first-order valence-corrected chi connectivity index (χ1v) is 5.91. The monoisotopic (exact) mass is 222 g/mol. The number of rotatable bonds is 6. The largest absolute Gasteiger partial charge is 0.394 e. The van der Waals surface area contributed by atoms with Gasteiger partial charge in [0, 0.05) is 6.04 Å². The molecule has 1 aromatic rings. The lowest BCUT2D eigenvalue weighted by Crippen LogP contribution is -2.17. The summed E-state index contributed by atoms with van der Waals surface area (Å²) in [5.74, 6) is 1.52. The van der Waals surface area contributed by atoms with Crippen molar-refractivity contribution in [2.75, 3.05) is 11.1 Å². The minimum absolute atomic E-state index is 0.399. The minimum Gasteiger partial charge on any atom is -0.394 e. The van der Waals surface area contributed by atoms with Crippen LogP contribution in [0.3, 0.4) is 0 Å². The van der Waals surface area contributed by atoms with Crippen molar-refractivity contribution in [2.24, 2.45) is 5.92 Å². The van der Waals surface area contributed by atoms with Crippen molar-refractivity contribution in [3.63, 3.8) is 0 Å². The van der Waals surface area contributed by atoms with Gasteiger partial charge in [-0.25, -0.2) is 9.97 Å². The van der Waals surface area contributed by atoms with E-state index >= 15 is 0 Å². The van der Waals surface area contributed by atoms with Gasteiger partial charge in [-0.05, 0) is 19.3 Å². The molecular formula is C12H22N4. The van der Waals surface area contributed by atoms with Crippen LogP contribution in [0.4, 0.5) is 11.5 Å². The summed E-state index contributed by atoms with van der Waals surface area (Å²) in [6.45, 7) is 6.66. The van der Waals surface area contributed by atoms with E-state index in [1.807, 2.05) is 0 Å². The molecule has 90 valence electrons. The zero-order chi connectivity index (χ0) is 12.0. The third-order valence-corrected chi connectivity index (χ3v) is 2.54. The van der Waals surface area contributed by atoms with Crippen LogP contribution in [0.5, 0.6) is 0 Å². The number of nitrogen functional groups attached to an aromatic ring is 1. The van der Waals surface area contributed by atoms with E-state index in [2.05, 4.69) is 36.1 Å². The molecule has 1 heterocycles. The summed E-state index contributed by atoms with van der Waals surface area (Å²) in [5.41, 5.74) is 6.37. The number of nitrogens with one attached hydrogen (secondary N) is 1. The second-order valence-corrected chi connectivity index (χ2v) is 4.70. The molecule has 1 rings (SSSR count). The molecule has 0 spiro atoms. The molecule has 0 saturated carbocycles. The van der Waals surface area contributed by atoms with E-state index in [0.29, 0.717) is 11.7 Å². The summed E-state index contributed by atoms with van der Waals surface area (Å²) >= 11 is 0. The highest BCUT2D eigenvalue weighted by Gasteiger charge is 2.06. The van der Waals surface area contributed by atoms with Crippen molar-refractivity contribution in [1.29, 1.82) is 0 Å². The summed E-state index contributed by atoms with van der Waals surface area (Å²) in [6.07, 6.45) is 6.78. The molecule has 0 aromatic carbocycles. The molecule has 1 atom stereocenters. The second kappa shape index (κ2) is 6.30. The normalized spacial score (nSPS) is 12.8. The van der Waals surface area contributed by atoms with Gasteiger partial charge in [-0.2, -0.15) is 0 Å². The van der Waals surface area contributed by atoms with E-state index < -0.39 is 0 Å². The molecule has 4 nitrogen and oxygen atoms in total. The van der Waals surface area contributed by atoms with E-state index in [9.17, 15) is 0 Å². The highest BCUT2D eigenvalue weighted by atomic mass is 15.0. The first-order valence-electron chi connectivity index (χ1n) is 5.91. The van der Waals surface area contributed by atoms with Gasteiger partial charge in [-0.1, -0.05) is 26.7 Å². The standard InChI is InChI=1S/C12H22N4/c1-9(2)5-4-6-10(3)16-12-11(13)7-14-8-15-12/h7-10H,4-6,13H2,1-3H3,(H,14,15,16). The first kappa shape index (κ1) is 12.7. The summed E-state index contributed by atoms with van der Waals surface area (Å²) in [7, 11) is 0. The Kier molecular flexibility index (Phi) is 5.02.